The van der Waals surface area contributed by atoms with Crippen molar-refractivity contribution in [1.29, 1.82) is 0 Å². The molecule has 1 aliphatic heterocycles. The molecule has 7 heteroatoms. The Hall–Kier alpha value is -4.00. The van der Waals surface area contributed by atoms with Crippen LogP contribution in [0, 0.1) is 0 Å². The highest BCUT2D eigenvalue weighted by molar-refractivity contribution is 6.08. The van der Waals surface area contributed by atoms with E-state index in [2.05, 4.69) is 5.32 Å². The van der Waals surface area contributed by atoms with Crippen LogP contribution in [0.5, 0.6) is 17.2 Å². The second kappa shape index (κ2) is 9.01. The lowest BCUT2D eigenvalue weighted by atomic mass is 10.1. The van der Waals surface area contributed by atoms with Gasteiger partial charge in [-0.25, -0.2) is 0 Å². The number of methoxy groups -OCH3 is 3. The minimum atomic E-state index is -0.281. The Morgan fingerprint density at radius 2 is 1.53 bits per heavy atom. The Bertz CT molecular complexity index is 1160. The van der Waals surface area contributed by atoms with Gasteiger partial charge in [-0.05, 0) is 66.6 Å². The Labute approximate surface area is 186 Å². The Morgan fingerprint density at radius 1 is 0.812 bits per heavy atom. The Kier molecular flexibility index (Phi) is 5.98. The molecule has 1 heterocycles. The lowest BCUT2D eigenvalue weighted by molar-refractivity contribution is 0.0988. The zero-order chi connectivity index (χ0) is 22.7. The summed E-state index contributed by atoms with van der Waals surface area (Å²) in [5.74, 6) is 1.36. The van der Waals surface area contributed by atoms with Gasteiger partial charge in [0.2, 0.25) is 0 Å². The highest BCUT2D eigenvalue weighted by Crippen LogP contribution is 2.33. The number of carbonyl (C=O) groups excluding carboxylic acids is 2. The van der Waals surface area contributed by atoms with E-state index < -0.39 is 0 Å². The highest BCUT2D eigenvalue weighted by Gasteiger charge is 2.26. The molecule has 32 heavy (non-hydrogen) atoms. The summed E-state index contributed by atoms with van der Waals surface area (Å²) >= 11 is 0. The second-order valence-corrected chi connectivity index (χ2v) is 7.30. The summed E-state index contributed by atoms with van der Waals surface area (Å²) in [7, 11) is 4.65. The molecule has 4 rings (SSSR count). The fraction of sp³-hybridized carbons (Fsp3) is 0.200. The summed E-state index contributed by atoms with van der Waals surface area (Å²) in [6, 6.07) is 17.6. The van der Waals surface area contributed by atoms with Crippen molar-refractivity contribution in [3.05, 3.63) is 77.4 Å². The molecule has 0 aromatic heterocycles. The maximum Gasteiger partial charge on any atom is 0.258 e. The monoisotopic (exact) mass is 432 g/mol. The van der Waals surface area contributed by atoms with E-state index in [1.807, 2.05) is 18.2 Å². The maximum absolute atomic E-state index is 13.1. The Morgan fingerprint density at radius 3 is 2.22 bits per heavy atom. The average Bonchev–Trinajstić information content (AvgIpc) is 3.26. The van der Waals surface area contributed by atoms with Gasteiger partial charge in [-0.15, -0.1) is 0 Å². The van der Waals surface area contributed by atoms with Crippen LogP contribution in [0.15, 0.2) is 60.7 Å². The van der Waals surface area contributed by atoms with Crippen molar-refractivity contribution in [1.82, 2.24) is 0 Å². The molecule has 0 aliphatic carbocycles. The molecule has 3 aromatic rings. The van der Waals surface area contributed by atoms with Crippen LogP contribution >= 0.6 is 0 Å². The van der Waals surface area contributed by atoms with Gasteiger partial charge in [-0.1, -0.05) is 6.07 Å². The van der Waals surface area contributed by atoms with Gasteiger partial charge in [0.1, 0.15) is 5.75 Å². The first kappa shape index (κ1) is 21.2. The standard InChI is InChI=1S/C25H24N2O5/c1-30-20-9-5-17(6-10-20)25(29)27-13-12-16-4-8-19(15-21(16)27)26-24(28)18-7-11-22(31-2)23(14-18)32-3/h4-11,14-15H,12-13H2,1-3H3,(H,26,28). The summed E-state index contributed by atoms with van der Waals surface area (Å²) in [5.41, 5.74) is 3.50. The summed E-state index contributed by atoms with van der Waals surface area (Å²) in [5, 5.41) is 2.90. The van der Waals surface area contributed by atoms with Gasteiger partial charge in [0.15, 0.2) is 11.5 Å². The van der Waals surface area contributed by atoms with E-state index in [1.54, 1.807) is 61.6 Å². The number of hydrogen-bond acceptors (Lipinski definition) is 5. The molecule has 0 radical (unpaired) electrons. The van der Waals surface area contributed by atoms with Crippen LogP contribution in [0.4, 0.5) is 11.4 Å². The van der Waals surface area contributed by atoms with Crippen molar-refractivity contribution < 1.29 is 23.8 Å². The van der Waals surface area contributed by atoms with Crippen molar-refractivity contribution in [2.45, 2.75) is 6.42 Å². The van der Waals surface area contributed by atoms with Crippen LogP contribution in [-0.4, -0.2) is 39.7 Å². The minimum absolute atomic E-state index is 0.0882. The predicted octanol–water partition coefficient (Wildman–Crippen LogP) is 4.17. The first-order valence-corrected chi connectivity index (χ1v) is 10.2. The number of ether oxygens (including phenoxy) is 3. The van der Waals surface area contributed by atoms with Crippen LogP contribution in [0.1, 0.15) is 26.3 Å². The number of nitrogens with zero attached hydrogens (tertiary/aromatic N) is 1. The number of hydrogen-bond donors (Lipinski definition) is 1. The van der Waals surface area contributed by atoms with Crippen LogP contribution in [0.3, 0.4) is 0 Å². The van der Waals surface area contributed by atoms with Crippen molar-refractivity contribution in [3.63, 3.8) is 0 Å². The topological polar surface area (TPSA) is 77.1 Å². The molecule has 1 N–H and O–H groups in total. The van der Waals surface area contributed by atoms with Gasteiger partial charge < -0.3 is 24.4 Å². The molecule has 0 bridgehead atoms. The molecule has 0 spiro atoms. The second-order valence-electron chi connectivity index (χ2n) is 7.30. The normalized spacial score (nSPS) is 12.2. The zero-order valence-electron chi connectivity index (χ0n) is 18.2. The fourth-order valence-corrected chi connectivity index (χ4v) is 3.74. The van der Waals surface area contributed by atoms with Gasteiger partial charge in [-0.3, -0.25) is 9.59 Å². The number of amides is 2. The maximum atomic E-state index is 13.1. The van der Waals surface area contributed by atoms with Crippen molar-refractivity contribution in [2.24, 2.45) is 0 Å². The van der Waals surface area contributed by atoms with Gasteiger partial charge in [-0.2, -0.15) is 0 Å². The SMILES string of the molecule is COc1ccc(C(=O)N2CCc3ccc(NC(=O)c4ccc(OC)c(OC)c4)cc32)cc1. The predicted molar refractivity (Wildman–Crippen MR) is 122 cm³/mol. The number of fused-ring (bicyclic) bond motifs is 1. The number of nitrogens with one attached hydrogen (secondary N) is 1. The van der Waals surface area contributed by atoms with Gasteiger partial charge >= 0.3 is 0 Å². The van der Waals surface area contributed by atoms with Crippen LogP contribution in [0.25, 0.3) is 0 Å². The average molecular weight is 432 g/mol. The molecule has 0 saturated carbocycles. The summed E-state index contributed by atoms with van der Waals surface area (Å²) in [6.45, 7) is 0.591. The van der Waals surface area contributed by atoms with Crippen molar-refractivity contribution in [3.8, 4) is 17.2 Å². The molecule has 2 amide bonds. The summed E-state index contributed by atoms with van der Waals surface area (Å²) < 4.78 is 15.7. The highest BCUT2D eigenvalue weighted by atomic mass is 16.5. The molecule has 1 aliphatic rings. The van der Waals surface area contributed by atoms with E-state index in [4.69, 9.17) is 14.2 Å². The van der Waals surface area contributed by atoms with Crippen LogP contribution in [0.2, 0.25) is 0 Å². The van der Waals surface area contributed by atoms with Crippen LogP contribution in [-0.2, 0) is 6.42 Å². The van der Waals surface area contributed by atoms with E-state index in [9.17, 15) is 9.59 Å². The molecular formula is C25H24N2O5. The van der Waals surface area contributed by atoms with Gasteiger partial charge in [0, 0.05) is 29.0 Å². The van der Waals surface area contributed by atoms with Crippen LogP contribution < -0.4 is 24.4 Å². The number of anilines is 2. The molecule has 7 nitrogen and oxygen atoms in total. The third-order valence-corrected chi connectivity index (χ3v) is 5.47. The lowest BCUT2D eigenvalue weighted by Crippen LogP contribution is -2.28. The van der Waals surface area contributed by atoms with Gasteiger partial charge in [0.05, 0.1) is 21.3 Å². The van der Waals surface area contributed by atoms with Crippen molar-refractivity contribution >= 4 is 23.2 Å². The van der Waals surface area contributed by atoms with Crippen molar-refractivity contribution in [2.75, 3.05) is 38.1 Å². The molecule has 0 saturated heterocycles. The number of benzene rings is 3. The molecule has 164 valence electrons. The summed E-state index contributed by atoms with van der Waals surface area (Å²) in [6.07, 6.45) is 0.765. The molecule has 0 atom stereocenters. The fourth-order valence-electron chi connectivity index (χ4n) is 3.74. The van der Waals surface area contributed by atoms with E-state index in [0.29, 0.717) is 40.6 Å². The zero-order valence-corrected chi connectivity index (χ0v) is 18.2. The molecule has 3 aromatic carbocycles. The third-order valence-electron chi connectivity index (χ3n) is 5.47. The first-order chi connectivity index (χ1) is 15.5. The molecular weight excluding hydrogens is 408 g/mol. The molecule has 0 unspecified atom stereocenters. The smallest absolute Gasteiger partial charge is 0.258 e. The molecule has 0 fully saturated rings. The van der Waals surface area contributed by atoms with Gasteiger partial charge in [0.25, 0.3) is 11.8 Å². The Balaban J connectivity index is 1.54. The van der Waals surface area contributed by atoms with E-state index >= 15 is 0 Å². The lowest BCUT2D eigenvalue weighted by Gasteiger charge is -2.18. The third kappa shape index (κ3) is 4.09. The number of rotatable bonds is 6. The van der Waals surface area contributed by atoms with E-state index in [-0.39, 0.29) is 11.8 Å². The largest absolute Gasteiger partial charge is 0.497 e. The number of carbonyl (C=O) groups is 2. The quantitative estimate of drug-likeness (QED) is 0.633. The summed E-state index contributed by atoms with van der Waals surface area (Å²) in [4.78, 5) is 27.6. The van der Waals surface area contributed by atoms with E-state index in [1.165, 1.54) is 7.11 Å². The minimum Gasteiger partial charge on any atom is -0.497 e. The first-order valence-electron chi connectivity index (χ1n) is 10.2. The van der Waals surface area contributed by atoms with E-state index in [0.717, 1.165) is 17.7 Å².